The summed E-state index contributed by atoms with van der Waals surface area (Å²) in [6.07, 6.45) is 4.07. The van der Waals surface area contributed by atoms with E-state index in [2.05, 4.69) is 6.07 Å². The van der Waals surface area contributed by atoms with Gasteiger partial charge in [0.2, 0.25) is 0 Å². The van der Waals surface area contributed by atoms with E-state index >= 15 is 0 Å². The molecule has 1 aliphatic carbocycles. The van der Waals surface area contributed by atoms with Crippen LogP contribution in [0.15, 0.2) is 0 Å². The fourth-order valence-electron chi connectivity index (χ4n) is 1.54. The Labute approximate surface area is 73.5 Å². The first-order valence-electron chi connectivity index (χ1n) is 4.53. The molecule has 3 heteroatoms. The normalized spacial score (nSPS) is 32.4. The van der Waals surface area contributed by atoms with Crippen molar-refractivity contribution in [2.45, 2.75) is 50.9 Å². The second-order valence-electron chi connectivity index (χ2n) is 3.44. The van der Waals surface area contributed by atoms with Gasteiger partial charge in [-0.05, 0) is 32.6 Å². The summed E-state index contributed by atoms with van der Waals surface area (Å²) in [5.74, 6) is 0. The Bertz CT molecular complexity index is 168. The van der Waals surface area contributed by atoms with Crippen LogP contribution in [0.1, 0.15) is 32.6 Å². The van der Waals surface area contributed by atoms with Gasteiger partial charge in [-0.1, -0.05) is 0 Å². The maximum atomic E-state index is 8.52. The summed E-state index contributed by atoms with van der Waals surface area (Å²) in [4.78, 5) is 0. The van der Waals surface area contributed by atoms with Gasteiger partial charge in [-0.3, -0.25) is 0 Å². The summed E-state index contributed by atoms with van der Waals surface area (Å²) in [6.45, 7) is 1.79. The summed E-state index contributed by atoms with van der Waals surface area (Å²) in [7, 11) is 0. The van der Waals surface area contributed by atoms with Gasteiger partial charge in [-0.2, -0.15) is 5.26 Å². The van der Waals surface area contributed by atoms with Gasteiger partial charge >= 0.3 is 0 Å². The van der Waals surface area contributed by atoms with Gasteiger partial charge < -0.3 is 10.5 Å². The first-order valence-corrected chi connectivity index (χ1v) is 4.53. The Morgan fingerprint density at radius 1 is 1.42 bits per heavy atom. The SMILES string of the molecule is CC(C#N)OC1CCC(N)CC1. The Morgan fingerprint density at radius 3 is 2.50 bits per heavy atom. The van der Waals surface area contributed by atoms with Crippen molar-refractivity contribution in [2.24, 2.45) is 5.73 Å². The molecule has 0 aromatic carbocycles. The molecule has 1 unspecified atom stereocenters. The number of hydrogen-bond acceptors (Lipinski definition) is 3. The van der Waals surface area contributed by atoms with Crippen LogP contribution in [0.4, 0.5) is 0 Å². The highest BCUT2D eigenvalue weighted by Crippen LogP contribution is 2.20. The minimum Gasteiger partial charge on any atom is -0.360 e. The average Bonchev–Trinajstić information content (AvgIpc) is 2.09. The quantitative estimate of drug-likeness (QED) is 0.673. The van der Waals surface area contributed by atoms with Gasteiger partial charge in [0.1, 0.15) is 6.10 Å². The zero-order valence-electron chi connectivity index (χ0n) is 7.49. The number of ether oxygens (including phenoxy) is 1. The molecule has 1 saturated carbocycles. The zero-order chi connectivity index (χ0) is 8.97. The molecule has 0 spiro atoms. The minimum absolute atomic E-state index is 0.263. The molecule has 1 aliphatic rings. The molecule has 0 saturated heterocycles. The summed E-state index contributed by atoms with van der Waals surface area (Å²) in [6, 6.07) is 2.42. The topological polar surface area (TPSA) is 59.0 Å². The molecule has 12 heavy (non-hydrogen) atoms. The molecular formula is C9H16N2O. The molecule has 0 aliphatic heterocycles. The van der Waals surface area contributed by atoms with Crippen LogP contribution < -0.4 is 5.73 Å². The van der Waals surface area contributed by atoms with Crippen molar-refractivity contribution in [3.05, 3.63) is 0 Å². The molecule has 0 heterocycles. The van der Waals surface area contributed by atoms with Gasteiger partial charge in [0, 0.05) is 6.04 Å². The van der Waals surface area contributed by atoms with Crippen molar-refractivity contribution in [3.8, 4) is 6.07 Å². The van der Waals surface area contributed by atoms with Crippen LogP contribution in [0.3, 0.4) is 0 Å². The van der Waals surface area contributed by atoms with Gasteiger partial charge in [0.25, 0.3) is 0 Å². The Kier molecular flexibility index (Phi) is 3.51. The Morgan fingerprint density at radius 2 is 2.00 bits per heavy atom. The first-order chi connectivity index (χ1) is 5.72. The second-order valence-corrected chi connectivity index (χ2v) is 3.44. The molecule has 0 amide bonds. The van der Waals surface area contributed by atoms with Crippen molar-refractivity contribution in [2.75, 3.05) is 0 Å². The van der Waals surface area contributed by atoms with E-state index in [-0.39, 0.29) is 12.2 Å². The standard InChI is InChI=1S/C9H16N2O/c1-7(6-10)12-9-4-2-8(11)3-5-9/h7-9H,2-5,11H2,1H3. The Hall–Kier alpha value is -0.590. The molecule has 68 valence electrons. The summed E-state index contributed by atoms with van der Waals surface area (Å²) in [5, 5.41) is 8.52. The third-order valence-corrected chi connectivity index (χ3v) is 2.30. The minimum atomic E-state index is -0.274. The van der Waals surface area contributed by atoms with Crippen LogP contribution in [0.25, 0.3) is 0 Å². The van der Waals surface area contributed by atoms with Crippen molar-refractivity contribution in [1.29, 1.82) is 5.26 Å². The van der Waals surface area contributed by atoms with E-state index in [9.17, 15) is 0 Å². The van der Waals surface area contributed by atoms with E-state index in [1.807, 2.05) is 0 Å². The molecule has 0 aromatic heterocycles. The van der Waals surface area contributed by atoms with E-state index in [1.165, 1.54) is 0 Å². The number of nitrogens with two attached hydrogens (primary N) is 1. The Balaban J connectivity index is 2.22. The van der Waals surface area contributed by atoms with Crippen molar-refractivity contribution in [1.82, 2.24) is 0 Å². The second kappa shape index (κ2) is 4.44. The van der Waals surface area contributed by atoms with E-state index in [0.717, 1.165) is 25.7 Å². The van der Waals surface area contributed by atoms with Crippen LogP contribution in [-0.4, -0.2) is 18.2 Å². The molecule has 0 bridgehead atoms. The first kappa shape index (κ1) is 9.50. The van der Waals surface area contributed by atoms with Gasteiger partial charge in [-0.25, -0.2) is 0 Å². The highest BCUT2D eigenvalue weighted by molar-refractivity contribution is 4.82. The summed E-state index contributed by atoms with van der Waals surface area (Å²) < 4.78 is 5.47. The lowest BCUT2D eigenvalue weighted by atomic mass is 9.93. The monoisotopic (exact) mass is 168 g/mol. The molecule has 1 atom stereocenters. The zero-order valence-corrected chi connectivity index (χ0v) is 7.49. The number of rotatable bonds is 2. The highest BCUT2D eigenvalue weighted by Gasteiger charge is 2.20. The fraction of sp³-hybridized carbons (Fsp3) is 0.889. The molecular weight excluding hydrogens is 152 g/mol. The molecule has 2 N–H and O–H groups in total. The molecule has 0 radical (unpaired) electrons. The van der Waals surface area contributed by atoms with Crippen molar-refractivity contribution < 1.29 is 4.74 Å². The van der Waals surface area contributed by atoms with Crippen molar-refractivity contribution >= 4 is 0 Å². The van der Waals surface area contributed by atoms with Gasteiger partial charge in [-0.15, -0.1) is 0 Å². The lowest BCUT2D eigenvalue weighted by Gasteiger charge is -2.26. The predicted molar refractivity (Wildman–Crippen MR) is 46.4 cm³/mol. The predicted octanol–water partition coefficient (Wildman–Crippen LogP) is 1.18. The van der Waals surface area contributed by atoms with E-state index in [0.29, 0.717) is 6.04 Å². The average molecular weight is 168 g/mol. The van der Waals surface area contributed by atoms with Crippen LogP contribution in [0.5, 0.6) is 0 Å². The van der Waals surface area contributed by atoms with Crippen LogP contribution in [0, 0.1) is 11.3 Å². The van der Waals surface area contributed by atoms with Gasteiger partial charge in [0.05, 0.1) is 12.2 Å². The third kappa shape index (κ3) is 2.80. The molecule has 0 aromatic rings. The number of nitrogens with zero attached hydrogens (tertiary/aromatic N) is 1. The van der Waals surface area contributed by atoms with Crippen LogP contribution >= 0.6 is 0 Å². The largest absolute Gasteiger partial charge is 0.360 e. The van der Waals surface area contributed by atoms with E-state index in [4.69, 9.17) is 15.7 Å². The van der Waals surface area contributed by atoms with E-state index in [1.54, 1.807) is 6.92 Å². The molecule has 1 fully saturated rings. The number of hydrogen-bond donors (Lipinski definition) is 1. The summed E-state index contributed by atoms with van der Waals surface area (Å²) >= 11 is 0. The maximum Gasteiger partial charge on any atom is 0.141 e. The van der Waals surface area contributed by atoms with E-state index < -0.39 is 0 Å². The van der Waals surface area contributed by atoms with Crippen molar-refractivity contribution in [3.63, 3.8) is 0 Å². The van der Waals surface area contributed by atoms with Crippen LogP contribution in [-0.2, 0) is 4.74 Å². The number of nitriles is 1. The highest BCUT2D eigenvalue weighted by atomic mass is 16.5. The lowest BCUT2D eigenvalue weighted by molar-refractivity contribution is 0.00193. The summed E-state index contributed by atoms with van der Waals surface area (Å²) in [5.41, 5.74) is 5.74. The van der Waals surface area contributed by atoms with Gasteiger partial charge in [0.15, 0.2) is 0 Å². The maximum absolute atomic E-state index is 8.52. The third-order valence-electron chi connectivity index (χ3n) is 2.30. The molecule has 1 rings (SSSR count). The van der Waals surface area contributed by atoms with Crippen LogP contribution in [0.2, 0.25) is 0 Å². The smallest absolute Gasteiger partial charge is 0.141 e. The lowest BCUT2D eigenvalue weighted by Crippen LogP contribution is -2.31. The fourth-order valence-corrected chi connectivity index (χ4v) is 1.54. The molecule has 3 nitrogen and oxygen atoms in total.